The number of rotatable bonds is 5. The Balaban J connectivity index is 1.91. The minimum absolute atomic E-state index is 0.0669. The summed E-state index contributed by atoms with van der Waals surface area (Å²) in [7, 11) is -3.22. The van der Waals surface area contributed by atoms with Gasteiger partial charge in [-0.15, -0.1) is 0 Å². The smallest absolute Gasteiger partial charge is 0.232 e. The number of aliphatic hydroxyl groups excluding tert-OH is 1. The molecule has 0 atom stereocenters. The van der Waals surface area contributed by atoms with Gasteiger partial charge in [-0.25, -0.2) is 8.42 Å². The lowest BCUT2D eigenvalue weighted by Crippen LogP contribution is -2.28. The average molecular weight is 298 g/mol. The summed E-state index contributed by atoms with van der Waals surface area (Å²) in [5.74, 6) is 0.0669. The van der Waals surface area contributed by atoms with E-state index in [0.29, 0.717) is 11.7 Å². The van der Waals surface area contributed by atoms with E-state index in [-0.39, 0.29) is 11.9 Å². The SMILES string of the molecule is CCS(=O)(=O)Nc1ccc(NC2CCC(O)CC2)cc1. The van der Waals surface area contributed by atoms with Crippen LogP contribution in [0.2, 0.25) is 0 Å². The molecule has 3 N–H and O–H groups in total. The van der Waals surface area contributed by atoms with Gasteiger partial charge in [0.15, 0.2) is 0 Å². The van der Waals surface area contributed by atoms with Gasteiger partial charge in [-0.1, -0.05) is 0 Å². The Morgan fingerprint density at radius 3 is 2.20 bits per heavy atom. The van der Waals surface area contributed by atoms with Crippen molar-refractivity contribution < 1.29 is 13.5 Å². The molecule has 6 heteroatoms. The van der Waals surface area contributed by atoms with Crippen molar-refractivity contribution >= 4 is 21.4 Å². The Kier molecular flexibility index (Phi) is 4.88. The third-order valence-corrected chi connectivity index (χ3v) is 4.91. The van der Waals surface area contributed by atoms with Crippen molar-refractivity contribution in [1.82, 2.24) is 0 Å². The highest BCUT2D eigenvalue weighted by Gasteiger charge is 2.18. The molecule has 2 rings (SSSR count). The van der Waals surface area contributed by atoms with Crippen LogP contribution in [0.25, 0.3) is 0 Å². The molecule has 1 aromatic rings. The van der Waals surface area contributed by atoms with Crippen LogP contribution in [-0.2, 0) is 10.0 Å². The van der Waals surface area contributed by atoms with Gasteiger partial charge in [0.1, 0.15) is 0 Å². The minimum atomic E-state index is -3.22. The second-order valence-electron chi connectivity index (χ2n) is 5.23. The zero-order chi connectivity index (χ0) is 14.6. The molecule has 0 bridgehead atoms. The predicted octanol–water partition coefficient (Wildman–Crippen LogP) is 2.16. The van der Waals surface area contributed by atoms with Gasteiger partial charge in [0, 0.05) is 17.4 Å². The van der Waals surface area contributed by atoms with E-state index in [2.05, 4.69) is 10.0 Å². The summed E-state index contributed by atoms with van der Waals surface area (Å²) in [5.41, 5.74) is 1.56. The number of benzene rings is 1. The molecular formula is C14H22N2O3S. The molecule has 5 nitrogen and oxygen atoms in total. The van der Waals surface area contributed by atoms with Crippen LogP contribution in [0, 0.1) is 0 Å². The zero-order valence-corrected chi connectivity index (χ0v) is 12.5. The Hall–Kier alpha value is -1.27. The van der Waals surface area contributed by atoms with E-state index in [0.717, 1.165) is 31.4 Å². The summed E-state index contributed by atoms with van der Waals surface area (Å²) in [4.78, 5) is 0. The predicted molar refractivity (Wildman–Crippen MR) is 81.4 cm³/mol. The Labute approximate surface area is 120 Å². The van der Waals surface area contributed by atoms with Crippen LogP contribution in [0.5, 0.6) is 0 Å². The van der Waals surface area contributed by atoms with Crippen molar-refractivity contribution in [3.8, 4) is 0 Å². The van der Waals surface area contributed by atoms with Gasteiger partial charge in [-0.2, -0.15) is 0 Å². The molecule has 0 aromatic heterocycles. The molecule has 0 spiro atoms. The van der Waals surface area contributed by atoms with E-state index < -0.39 is 10.0 Å². The molecular weight excluding hydrogens is 276 g/mol. The van der Waals surface area contributed by atoms with Gasteiger partial charge < -0.3 is 10.4 Å². The van der Waals surface area contributed by atoms with Crippen LogP contribution in [0.4, 0.5) is 11.4 Å². The number of aliphatic hydroxyl groups is 1. The molecule has 0 radical (unpaired) electrons. The fourth-order valence-electron chi connectivity index (χ4n) is 2.34. The Morgan fingerprint density at radius 2 is 1.65 bits per heavy atom. The maximum atomic E-state index is 11.5. The lowest BCUT2D eigenvalue weighted by Gasteiger charge is -2.27. The summed E-state index contributed by atoms with van der Waals surface area (Å²) < 4.78 is 25.4. The van der Waals surface area contributed by atoms with Gasteiger partial charge in [0.25, 0.3) is 0 Å². The number of sulfonamides is 1. The highest BCUT2D eigenvalue weighted by atomic mass is 32.2. The van der Waals surface area contributed by atoms with Gasteiger partial charge >= 0.3 is 0 Å². The molecule has 0 aliphatic heterocycles. The van der Waals surface area contributed by atoms with Crippen molar-refractivity contribution in [1.29, 1.82) is 0 Å². The quantitative estimate of drug-likeness (QED) is 0.778. The maximum absolute atomic E-state index is 11.5. The third kappa shape index (κ3) is 4.38. The third-order valence-electron chi connectivity index (χ3n) is 3.61. The molecule has 1 aliphatic carbocycles. The van der Waals surface area contributed by atoms with Crippen molar-refractivity contribution in [3.05, 3.63) is 24.3 Å². The number of hydrogen-bond donors (Lipinski definition) is 3. The number of anilines is 2. The lowest BCUT2D eigenvalue weighted by atomic mass is 9.93. The summed E-state index contributed by atoms with van der Waals surface area (Å²) >= 11 is 0. The summed E-state index contributed by atoms with van der Waals surface area (Å²) in [6.07, 6.45) is 3.45. The summed E-state index contributed by atoms with van der Waals surface area (Å²) in [6.45, 7) is 1.61. The highest BCUT2D eigenvalue weighted by molar-refractivity contribution is 7.92. The molecule has 1 saturated carbocycles. The first-order valence-electron chi connectivity index (χ1n) is 7.03. The standard InChI is InChI=1S/C14H22N2O3S/c1-2-20(18,19)16-13-5-3-11(4-6-13)15-12-7-9-14(17)10-8-12/h3-6,12,14-17H,2,7-10H2,1H3. The molecule has 1 aromatic carbocycles. The van der Waals surface area contributed by atoms with Gasteiger partial charge in [0.2, 0.25) is 10.0 Å². The number of hydrogen-bond acceptors (Lipinski definition) is 4. The number of nitrogens with one attached hydrogen (secondary N) is 2. The van der Waals surface area contributed by atoms with Gasteiger partial charge in [0.05, 0.1) is 11.9 Å². The minimum Gasteiger partial charge on any atom is -0.393 e. The van der Waals surface area contributed by atoms with Crippen LogP contribution in [-0.4, -0.2) is 31.4 Å². The lowest BCUT2D eigenvalue weighted by molar-refractivity contribution is 0.126. The molecule has 0 amide bonds. The van der Waals surface area contributed by atoms with Crippen molar-refractivity contribution in [2.45, 2.75) is 44.8 Å². The van der Waals surface area contributed by atoms with E-state index in [1.807, 2.05) is 12.1 Å². The van der Waals surface area contributed by atoms with Crippen LogP contribution in [0.3, 0.4) is 0 Å². The summed E-state index contributed by atoms with van der Waals surface area (Å²) in [5, 5.41) is 12.9. The fourth-order valence-corrected chi connectivity index (χ4v) is 2.98. The monoisotopic (exact) mass is 298 g/mol. The Bertz CT molecular complexity index is 520. The van der Waals surface area contributed by atoms with E-state index >= 15 is 0 Å². The fraction of sp³-hybridized carbons (Fsp3) is 0.571. The molecule has 0 saturated heterocycles. The first-order valence-corrected chi connectivity index (χ1v) is 8.69. The van der Waals surface area contributed by atoms with Crippen molar-refractivity contribution in [3.63, 3.8) is 0 Å². The maximum Gasteiger partial charge on any atom is 0.232 e. The molecule has 1 aliphatic rings. The van der Waals surface area contributed by atoms with E-state index in [1.165, 1.54) is 0 Å². The van der Waals surface area contributed by atoms with Crippen LogP contribution < -0.4 is 10.0 Å². The van der Waals surface area contributed by atoms with Gasteiger partial charge in [-0.05, 0) is 56.9 Å². The van der Waals surface area contributed by atoms with E-state index in [4.69, 9.17) is 0 Å². The normalized spacial score (nSPS) is 23.3. The first kappa shape index (κ1) is 15.1. The van der Waals surface area contributed by atoms with Crippen LogP contribution >= 0.6 is 0 Å². The van der Waals surface area contributed by atoms with E-state index in [1.54, 1.807) is 19.1 Å². The molecule has 20 heavy (non-hydrogen) atoms. The molecule has 1 fully saturated rings. The van der Waals surface area contributed by atoms with Gasteiger partial charge in [-0.3, -0.25) is 4.72 Å². The zero-order valence-electron chi connectivity index (χ0n) is 11.7. The van der Waals surface area contributed by atoms with Crippen molar-refractivity contribution in [2.75, 3.05) is 15.8 Å². The molecule has 112 valence electrons. The topological polar surface area (TPSA) is 78.4 Å². The van der Waals surface area contributed by atoms with Crippen LogP contribution in [0.15, 0.2) is 24.3 Å². The second-order valence-corrected chi connectivity index (χ2v) is 7.24. The molecule has 0 unspecified atom stereocenters. The molecule has 0 heterocycles. The van der Waals surface area contributed by atoms with Crippen LogP contribution in [0.1, 0.15) is 32.6 Å². The summed E-state index contributed by atoms with van der Waals surface area (Å²) in [6, 6.07) is 7.65. The highest BCUT2D eigenvalue weighted by Crippen LogP contribution is 2.23. The van der Waals surface area contributed by atoms with Crippen molar-refractivity contribution in [2.24, 2.45) is 0 Å². The second kappa shape index (κ2) is 6.45. The van der Waals surface area contributed by atoms with E-state index in [9.17, 15) is 13.5 Å². The Morgan fingerprint density at radius 1 is 1.10 bits per heavy atom. The first-order chi connectivity index (χ1) is 9.48. The largest absolute Gasteiger partial charge is 0.393 e. The average Bonchev–Trinajstić information content (AvgIpc) is 2.43.